The van der Waals surface area contributed by atoms with Crippen molar-refractivity contribution < 1.29 is 36.3 Å². The second-order valence-corrected chi connectivity index (χ2v) is 11.7. The number of piperazine rings is 1. The number of amides is 2. The number of nitrogens with one attached hydrogen (secondary N) is 1. The quantitative estimate of drug-likeness (QED) is 0.320. The van der Waals surface area contributed by atoms with Gasteiger partial charge >= 0.3 is 6.18 Å². The number of hydrogen-bond donors (Lipinski definition) is 2. The molecule has 2 N–H and O–H groups in total. The fraction of sp³-hybridized carbons (Fsp3) is 0.250. The molecule has 43 heavy (non-hydrogen) atoms. The number of benzene rings is 2. The first-order valence-corrected chi connectivity index (χ1v) is 14.7. The molecule has 2 amide bonds. The summed E-state index contributed by atoms with van der Waals surface area (Å²) < 4.78 is 62.2. The summed E-state index contributed by atoms with van der Waals surface area (Å²) in [6.45, 7) is 1.55. The van der Waals surface area contributed by atoms with Gasteiger partial charge in [0.2, 0.25) is 10.0 Å². The van der Waals surface area contributed by atoms with Crippen LogP contribution in [-0.4, -0.2) is 83.5 Å². The topological polar surface area (TPSA) is 146 Å². The van der Waals surface area contributed by atoms with Crippen LogP contribution in [0.2, 0.25) is 0 Å². The molecule has 0 saturated carbocycles. The standard InChI is InChI=1S/C28H25F3N6O5S/c29-28(30,31)9-14-43(41,42)35-26(39)24-7-8-25(34-33-24)36-10-12-37(13-11-36)27(40)23-6-5-20(18-15-19(38)17-32-16-18)21-3-1-2-4-22(21)23/h1-8,15-17,38H,9-14H2,(H,35,39). The zero-order valence-corrected chi connectivity index (χ0v) is 23.3. The van der Waals surface area contributed by atoms with Gasteiger partial charge in [0.15, 0.2) is 11.5 Å². The zero-order chi connectivity index (χ0) is 30.8. The van der Waals surface area contributed by atoms with Crippen molar-refractivity contribution in [3.63, 3.8) is 0 Å². The normalized spacial score (nSPS) is 14.1. The Hall–Kier alpha value is -4.79. The minimum Gasteiger partial charge on any atom is -0.506 e. The number of hydrogen-bond acceptors (Lipinski definition) is 9. The minimum absolute atomic E-state index is 0.0370. The molecule has 0 radical (unpaired) electrons. The highest BCUT2D eigenvalue weighted by molar-refractivity contribution is 7.90. The number of aromatic hydroxyl groups is 1. The Kier molecular flexibility index (Phi) is 8.17. The van der Waals surface area contributed by atoms with E-state index in [0.717, 1.165) is 21.9 Å². The van der Waals surface area contributed by atoms with E-state index in [-0.39, 0.29) is 17.4 Å². The Bertz CT molecular complexity index is 1780. The minimum atomic E-state index is -4.68. The summed E-state index contributed by atoms with van der Waals surface area (Å²) in [5, 5.41) is 19.2. The van der Waals surface area contributed by atoms with Crippen molar-refractivity contribution in [3.05, 3.63) is 78.2 Å². The number of nitrogens with zero attached hydrogens (tertiary/aromatic N) is 5. The molecule has 11 nitrogen and oxygen atoms in total. The maximum Gasteiger partial charge on any atom is 0.390 e. The number of anilines is 1. The van der Waals surface area contributed by atoms with Crippen molar-refractivity contribution in [1.29, 1.82) is 0 Å². The van der Waals surface area contributed by atoms with E-state index in [4.69, 9.17) is 0 Å². The van der Waals surface area contributed by atoms with E-state index < -0.39 is 34.3 Å². The van der Waals surface area contributed by atoms with E-state index in [9.17, 15) is 36.3 Å². The summed E-state index contributed by atoms with van der Waals surface area (Å²) in [5.41, 5.74) is 1.71. The molecule has 0 unspecified atom stereocenters. The van der Waals surface area contributed by atoms with E-state index >= 15 is 0 Å². The van der Waals surface area contributed by atoms with Crippen molar-refractivity contribution >= 4 is 38.4 Å². The van der Waals surface area contributed by atoms with Gasteiger partial charge in [-0.05, 0) is 40.6 Å². The smallest absolute Gasteiger partial charge is 0.390 e. The molecule has 0 aliphatic carbocycles. The lowest BCUT2D eigenvalue weighted by molar-refractivity contribution is -0.130. The average Bonchev–Trinajstić information content (AvgIpc) is 2.99. The van der Waals surface area contributed by atoms with E-state index in [1.165, 1.54) is 18.3 Å². The predicted octanol–water partition coefficient (Wildman–Crippen LogP) is 3.37. The van der Waals surface area contributed by atoms with E-state index in [1.54, 1.807) is 28.0 Å². The van der Waals surface area contributed by atoms with Crippen LogP contribution in [0, 0.1) is 0 Å². The summed E-state index contributed by atoms with van der Waals surface area (Å²) >= 11 is 0. The Morgan fingerprint density at radius 1 is 0.930 bits per heavy atom. The van der Waals surface area contributed by atoms with Gasteiger partial charge in [0.1, 0.15) is 5.75 Å². The summed E-state index contributed by atoms with van der Waals surface area (Å²) in [7, 11) is -4.51. The molecule has 5 rings (SSSR count). The highest BCUT2D eigenvalue weighted by Crippen LogP contribution is 2.32. The van der Waals surface area contributed by atoms with Crippen LogP contribution in [0.5, 0.6) is 5.75 Å². The Balaban J connectivity index is 1.23. The first-order valence-electron chi connectivity index (χ1n) is 13.1. The molecule has 1 fully saturated rings. The lowest BCUT2D eigenvalue weighted by Crippen LogP contribution is -2.49. The van der Waals surface area contributed by atoms with Gasteiger partial charge in [0, 0.05) is 43.5 Å². The first-order chi connectivity index (χ1) is 20.4. The van der Waals surface area contributed by atoms with Crippen LogP contribution in [0.1, 0.15) is 27.3 Å². The fourth-order valence-electron chi connectivity index (χ4n) is 4.73. The number of carbonyl (C=O) groups excluding carboxylic acids is 2. The maximum absolute atomic E-state index is 13.6. The third kappa shape index (κ3) is 6.99. The molecule has 2 aromatic heterocycles. The van der Waals surface area contributed by atoms with Crippen LogP contribution < -0.4 is 9.62 Å². The van der Waals surface area contributed by atoms with Gasteiger partial charge in [0.05, 0.1) is 18.4 Å². The zero-order valence-electron chi connectivity index (χ0n) is 22.5. The molecule has 3 heterocycles. The van der Waals surface area contributed by atoms with Crippen molar-refractivity contribution in [2.75, 3.05) is 36.8 Å². The van der Waals surface area contributed by atoms with Gasteiger partial charge in [-0.2, -0.15) is 13.2 Å². The summed E-state index contributed by atoms with van der Waals surface area (Å²) in [6, 6.07) is 15.4. The lowest BCUT2D eigenvalue weighted by atomic mass is 9.95. The molecule has 1 aliphatic rings. The fourth-order valence-corrected chi connectivity index (χ4v) is 5.72. The van der Waals surface area contributed by atoms with Crippen LogP contribution in [-0.2, 0) is 10.0 Å². The predicted molar refractivity (Wildman–Crippen MR) is 151 cm³/mol. The van der Waals surface area contributed by atoms with Crippen molar-refractivity contribution in [1.82, 2.24) is 24.8 Å². The molecule has 0 atom stereocenters. The maximum atomic E-state index is 13.6. The number of pyridine rings is 1. The molecule has 224 valence electrons. The van der Waals surface area contributed by atoms with Crippen molar-refractivity contribution in [2.24, 2.45) is 0 Å². The van der Waals surface area contributed by atoms with Gasteiger partial charge in [-0.15, -0.1) is 10.2 Å². The van der Waals surface area contributed by atoms with Crippen LogP contribution in [0.15, 0.2) is 67.0 Å². The highest BCUT2D eigenvalue weighted by Gasteiger charge is 2.31. The van der Waals surface area contributed by atoms with Crippen LogP contribution in [0.3, 0.4) is 0 Å². The van der Waals surface area contributed by atoms with Crippen LogP contribution in [0.4, 0.5) is 19.0 Å². The SMILES string of the molecule is O=C(NS(=O)(=O)CCC(F)(F)F)c1ccc(N2CCN(C(=O)c3ccc(-c4cncc(O)c4)c4ccccc34)CC2)nn1. The van der Waals surface area contributed by atoms with Gasteiger partial charge < -0.3 is 14.9 Å². The van der Waals surface area contributed by atoms with Gasteiger partial charge in [-0.3, -0.25) is 14.6 Å². The molecule has 4 aromatic rings. The lowest BCUT2D eigenvalue weighted by Gasteiger charge is -2.35. The summed E-state index contributed by atoms with van der Waals surface area (Å²) in [5.74, 6) is -2.20. The van der Waals surface area contributed by atoms with Gasteiger partial charge in [-0.25, -0.2) is 13.1 Å². The number of rotatable bonds is 7. The number of fused-ring (bicyclic) bond motifs is 1. The number of carbonyl (C=O) groups is 2. The third-order valence-corrected chi connectivity index (χ3v) is 8.10. The summed E-state index contributed by atoms with van der Waals surface area (Å²) in [4.78, 5) is 33.4. The van der Waals surface area contributed by atoms with E-state index in [2.05, 4.69) is 15.2 Å². The Labute approximate surface area is 244 Å². The molecule has 15 heteroatoms. The number of halogens is 3. The summed E-state index contributed by atoms with van der Waals surface area (Å²) in [6.07, 6.45) is -3.28. The number of aromatic nitrogens is 3. The monoisotopic (exact) mass is 614 g/mol. The average molecular weight is 615 g/mol. The van der Waals surface area contributed by atoms with E-state index in [0.29, 0.717) is 37.6 Å². The first kappa shape index (κ1) is 29.7. The van der Waals surface area contributed by atoms with Crippen LogP contribution >= 0.6 is 0 Å². The van der Waals surface area contributed by atoms with Gasteiger partial charge in [-0.1, -0.05) is 30.3 Å². The highest BCUT2D eigenvalue weighted by atomic mass is 32.2. The number of sulfonamides is 1. The largest absolute Gasteiger partial charge is 0.506 e. The molecule has 0 bridgehead atoms. The molecule has 1 aliphatic heterocycles. The number of alkyl halides is 3. The Morgan fingerprint density at radius 3 is 2.30 bits per heavy atom. The Morgan fingerprint density at radius 2 is 1.65 bits per heavy atom. The molecular weight excluding hydrogens is 589 g/mol. The second kappa shape index (κ2) is 11.8. The molecule has 1 saturated heterocycles. The van der Waals surface area contributed by atoms with Crippen molar-refractivity contribution in [3.8, 4) is 16.9 Å². The third-order valence-electron chi connectivity index (χ3n) is 6.87. The molecule has 2 aromatic carbocycles. The second-order valence-electron chi connectivity index (χ2n) is 9.81. The van der Waals surface area contributed by atoms with Crippen LogP contribution in [0.25, 0.3) is 21.9 Å². The van der Waals surface area contributed by atoms with Gasteiger partial charge in [0.25, 0.3) is 11.8 Å². The van der Waals surface area contributed by atoms with E-state index in [1.807, 2.05) is 35.2 Å². The van der Waals surface area contributed by atoms with Crippen molar-refractivity contribution in [2.45, 2.75) is 12.6 Å². The molecule has 0 spiro atoms. The molecular formula is C28H25F3N6O5S.